The standard InChI is InChI=1S/C12H10Br2N2/c13-10-6-12(16)11(14)5-9(10)7-1-3-8(15)4-2-7/h1-6H,15-16H2. The first-order valence-corrected chi connectivity index (χ1v) is 6.27. The first-order valence-electron chi connectivity index (χ1n) is 4.68. The molecule has 0 bridgehead atoms. The summed E-state index contributed by atoms with van der Waals surface area (Å²) < 4.78 is 1.86. The van der Waals surface area contributed by atoms with Crippen LogP contribution in [-0.2, 0) is 0 Å². The quantitative estimate of drug-likeness (QED) is 0.769. The second-order valence-corrected chi connectivity index (χ2v) is 5.18. The number of hydrogen-bond donors (Lipinski definition) is 2. The van der Waals surface area contributed by atoms with Crippen molar-refractivity contribution in [3.05, 3.63) is 45.3 Å². The fourth-order valence-electron chi connectivity index (χ4n) is 1.45. The maximum absolute atomic E-state index is 5.79. The van der Waals surface area contributed by atoms with Crippen molar-refractivity contribution in [3.8, 4) is 11.1 Å². The largest absolute Gasteiger partial charge is 0.399 e. The number of hydrogen-bond acceptors (Lipinski definition) is 2. The van der Waals surface area contributed by atoms with Crippen LogP contribution in [0.5, 0.6) is 0 Å². The van der Waals surface area contributed by atoms with E-state index in [2.05, 4.69) is 31.9 Å². The van der Waals surface area contributed by atoms with Crippen molar-refractivity contribution in [1.29, 1.82) is 0 Å². The molecule has 2 aromatic carbocycles. The molecule has 4 heteroatoms. The van der Waals surface area contributed by atoms with Crippen molar-refractivity contribution in [2.45, 2.75) is 0 Å². The minimum atomic E-state index is 0.714. The van der Waals surface area contributed by atoms with Gasteiger partial charge in [0.1, 0.15) is 0 Å². The summed E-state index contributed by atoms with van der Waals surface area (Å²) in [7, 11) is 0. The van der Waals surface area contributed by atoms with E-state index in [9.17, 15) is 0 Å². The molecule has 0 aliphatic heterocycles. The zero-order valence-electron chi connectivity index (χ0n) is 8.37. The van der Waals surface area contributed by atoms with Gasteiger partial charge in [-0.05, 0) is 51.3 Å². The highest BCUT2D eigenvalue weighted by atomic mass is 79.9. The molecule has 2 nitrogen and oxygen atoms in total. The molecule has 0 heterocycles. The molecule has 0 amide bonds. The van der Waals surface area contributed by atoms with Gasteiger partial charge in [-0.25, -0.2) is 0 Å². The molecule has 0 atom stereocenters. The van der Waals surface area contributed by atoms with Crippen LogP contribution >= 0.6 is 31.9 Å². The zero-order chi connectivity index (χ0) is 11.7. The number of anilines is 2. The van der Waals surface area contributed by atoms with Gasteiger partial charge in [-0.3, -0.25) is 0 Å². The maximum Gasteiger partial charge on any atom is 0.0470 e. The molecular weight excluding hydrogens is 332 g/mol. The van der Waals surface area contributed by atoms with Crippen LogP contribution < -0.4 is 11.5 Å². The van der Waals surface area contributed by atoms with Crippen LogP contribution in [0.3, 0.4) is 0 Å². The Morgan fingerprint density at radius 3 is 2.06 bits per heavy atom. The molecule has 2 aromatic rings. The van der Waals surface area contributed by atoms with Crippen LogP contribution in [-0.4, -0.2) is 0 Å². The van der Waals surface area contributed by atoms with Gasteiger partial charge in [0.05, 0.1) is 0 Å². The number of nitrogen functional groups attached to an aromatic ring is 2. The normalized spacial score (nSPS) is 10.4. The van der Waals surface area contributed by atoms with Crippen molar-refractivity contribution in [3.63, 3.8) is 0 Å². The van der Waals surface area contributed by atoms with Crippen molar-refractivity contribution in [2.24, 2.45) is 0 Å². The second-order valence-electron chi connectivity index (χ2n) is 3.48. The van der Waals surface area contributed by atoms with Gasteiger partial charge in [-0.1, -0.05) is 28.1 Å². The molecule has 16 heavy (non-hydrogen) atoms. The lowest BCUT2D eigenvalue weighted by Crippen LogP contribution is -1.89. The van der Waals surface area contributed by atoms with E-state index < -0.39 is 0 Å². The van der Waals surface area contributed by atoms with E-state index in [0.29, 0.717) is 5.69 Å². The monoisotopic (exact) mass is 340 g/mol. The lowest BCUT2D eigenvalue weighted by atomic mass is 10.1. The molecule has 82 valence electrons. The minimum absolute atomic E-state index is 0.714. The lowest BCUT2D eigenvalue weighted by molar-refractivity contribution is 1.55. The summed E-state index contributed by atoms with van der Waals surface area (Å²) >= 11 is 6.93. The van der Waals surface area contributed by atoms with Crippen LogP contribution in [0.4, 0.5) is 11.4 Å². The van der Waals surface area contributed by atoms with Crippen molar-refractivity contribution < 1.29 is 0 Å². The summed E-state index contributed by atoms with van der Waals surface area (Å²) in [6.45, 7) is 0. The van der Waals surface area contributed by atoms with Gasteiger partial charge in [0.15, 0.2) is 0 Å². The number of halogens is 2. The summed E-state index contributed by atoms with van der Waals surface area (Å²) in [5, 5.41) is 0. The van der Waals surface area contributed by atoms with E-state index in [4.69, 9.17) is 11.5 Å². The van der Waals surface area contributed by atoms with Crippen molar-refractivity contribution >= 4 is 43.2 Å². The molecule has 0 radical (unpaired) electrons. The van der Waals surface area contributed by atoms with E-state index >= 15 is 0 Å². The van der Waals surface area contributed by atoms with Crippen LogP contribution in [0.2, 0.25) is 0 Å². The van der Waals surface area contributed by atoms with Gasteiger partial charge >= 0.3 is 0 Å². The molecule has 0 fully saturated rings. The minimum Gasteiger partial charge on any atom is -0.399 e. The number of benzene rings is 2. The fraction of sp³-hybridized carbons (Fsp3) is 0. The Morgan fingerprint density at radius 1 is 0.812 bits per heavy atom. The zero-order valence-corrected chi connectivity index (χ0v) is 11.5. The smallest absolute Gasteiger partial charge is 0.0470 e. The van der Waals surface area contributed by atoms with Gasteiger partial charge in [0.2, 0.25) is 0 Å². The van der Waals surface area contributed by atoms with E-state index in [1.807, 2.05) is 36.4 Å². The van der Waals surface area contributed by atoms with E-state index in [-0.39, 0.29) is 0 Å². The third-order valence-electron chi connectivity index (χ3n) is 2.31. The maximum atomic E-state index is 5.79. The Morgan fingerprint density at radius 2 is 1.44 bits per heavy atom. The van der Waals surface area contributed by atoms with E-state index in [1.165, 1.54) is 0 Å². The Kier molecular flexibility index (Phi) is 3.21. The Bertz CT molecular complexity index is 521. The highest BCUT2D eigenvalue weighted by molar-refractivity contribution is 9.11. The van der Waals surface area contributed by atoms with E-state index in [0.717, 1.165) is 25.8 Å². The van der Waals surface area contributed by atoms with Gasteiger partial charge < -0.3 is 11.5 Å². The molecule has 0 spiro atoms. The Labute approximate surface area is 111 Å². The average Bonchev–Trinajstić information content (AvgIpc) is 2.25. The molecule has 0 aromatic heterocycles. The summed E-state index contributed by atoms with van der Waals surface area (Å²) in [5.41, 5.74) is 15.1. The van der Waals surface area contributed by atoms with Gasteiger partial charge in [0, 0.05) is 20.3 Å². The second kappa shape index (κ2) is 4.47. The van der Waals surface area contributed by atoms with Crippen LogP contribution in [0.25, 0.3) is 11.1 Å². The molecular formula is C12H10Br2N2. The van der Waals surface area contributed by atoms with Gasteiger partial charge in [0.25, 0.3) is 0 Å². The predicted molar refractivity (Wildman–Crippen MR) is 76.1 cm³/mol. The average molecular weight is 342 g/mol. The molecule has 0 aliphatic carbocycles. The van der Waals surface area contributed by atoms with E-state index in [1.54, 1.807) is 0 Å². The van der Waals surface area contributed by atoms with Crippen molar-refractivity contribution in [1.82, 2.24) is 0 Å². The first kappa shape index (κ1) is 11.5. The SMILES string of the molecule is Nc1ccc(-c2cc(Br)c(N)cc2Br)cc1. The lowest BCUT2D eigenvalue weighted by Gasteiger charge is -2.08. The highest BCUT2D eigenvalue weighted by Gasteiger charge is 2.06. The molecule has 4 N–H and O–H groups in total. The molecule has 0 unspecified atom stereocenters. The fourth-order valence-corrected chi connectivity index (χ4v) is 2.38. The number of nitrogens with two attached hydrogens (primary N) is 2. The first-order chi connectivity index (χ1) is 7.58. The summed E-state index contributed by atoms with van der Waals surface area (Å²) in [4.78, 5) is 0. The van der Waals surface area contributed by atoms with Crippen molar-refractivity contribution in [2.75, 3.05) is 11.5 Å². The Hall–Kier alpha value is -1.00. The summed E-state index contributed by atoms with van der Waals surface area (Å²) in [6.07, 6.45) is 0. The topological polar surface area (TPSA) is 52.0 Å². The van der Waals surface area contributed by atoms with Gasteiger partial charge in [-0.15, -0.1) is 0 Å². The summed E-state index contributed by atoms with van der Waals surface area (Å²) in [6, 6.07) is 11.6. The third-order valence-corrected chi connectivity index (χ3v) is 3.65. The molecule has 0 saturated carbocycles. The Balaban J connectivity index is 2.56. The van der Waals surface area contributed by atoms with Crippen LogP contribution in [0, 0.1) is 0 Å². The van der Waals surface area contributed by atoms with Crippen LogP contribution in [0.1, 0.15) is 0 Å². The molecule has 2 rings (SSSR count). The third kappa shape index (κ3) is 2.23. The number of rotatable bonds is 1. The van der Waals surface area contributed by atoms with Gasteiger partial charge in [-0.2, -0.15) is 0 Å². The molecule has 0 saturated heterocycles. The van der Waals surface area contributed by atoms with Crippen LogP contribution in [0.15, 0.2) is 45.3 Å². The highest BCUT2D eigenvalue weighted by Crippen LogP contribution is 2.34. The predicted octanol–water partition coefficient (Wildman–Crippen LogP) is 4.04. The summed E-state index contributed by atoms with van der Waals surface area (Å²) in [5.74, 6) is 0. The molecule has 0 aliphatic rings.